The highest BCUT2D eigenvalue weighted by Crippen LogP contribution is 2.21. The molecule has 2 rings (SSSR count). The highest BCUT2D eigenvalue weighted by atomic mass is 32.2. The maximum atomic E-state index is 11.9. The Balaban J connectivity index is 1.91. The molecule has 3 N–H and O–H groups in total. The monoisotopic (exact) mass is 282 g/mol. The number of rotatable bonds is 6. The highest BCUT2D eigenvalue weighted by molar-refractivity contribution is 7.89. The molecule has 0 amide bonds. The molecule has 106 valence electrons. The second kappa shape index (κ2) is 6.50. The summed E-state index contributed by atoms with van der Waals surface area (Å²) in [6.45, 7) is 0.548. The predicted molar refractivity (Wildman–Crippen MR) is 77.5 cm³/mol. The van der Waals surface area contributed by atoms with Crippen LogP contribution in [-0.4, -0.2) is 26.8 Å². The van der Waals surface area contributed by atoms with Crippen LogP contribution in [0.4, 0.5) is 0 Å². The van der Waals surface area contributed by atoms with Crippen LogP contribution in [0.2, 0.25) is 0 Å². The standard InChI is InChI=1S/C14H22N2O2S/c15-9-3-4-10-19(17,18)16-14-8-7-12-5-1-2-6-13(12)11-14/h1-2,5-6,14,16H,3-4,7-11,15H2. The summed E-state index contributed by atoms with van der Waals surface area (Å²) in [5.41, 5.74) is 8.00. The smallest absolute Gasteiger partial charge is 0.211 e. The maximum absolute atomic E-state index is 11.9. The topological polar surface area (TPSA) is 72.2 Å². The Morgan fingerprint density at radius 3 is 2.68 bits per heavy atom. The van der Waals surface area contributed by atoms with Crippen molar-refractivity contribution in [1.29, 1.82) is 0 Å². The first-order chi connectivity index (χ1) is 9.11. The first-order valence-corrected chi connectivity index (χ1v) is 8.53. The molecule has 1 aromatic rings. The number of unbranched alkanes of at least 4 members (excludes halogenated alkanes) is 1. The van der Waals surface area contributed by atoms with Gasteiger partial charge in [0.05, 0.1) is 5.75 Å². The minimum atomic E-state index is -3.16. The Morgan fingerprint density at radius 2 is 1.95 bits per heavy atom. The van der Waals surface area contributed by atoms with E-state index in [0.29, 0.717) is 13.0 Å². The molecule has 5 heteroatoms. The van der Waals surface area contributed by atoms with E-state index in [9.17, 15) is 8.42 Å². The first kappa shape index (κ1) is 14.5. The number of hydrogen-bond donors (Lipinski definition) is 2. The minimum Gasteiger partial charge on any atom is -0.330 e. The Hall–Kier alpha value is -0.910. The number of fused-ring (bicyclic) bond motifs is 1. The van der Waals surface area contributed by atoms with Crippen molar-refractivity contribution in [1.82, 2.24) is 4.72 Å². The first-order valence-electron chi connectivity index (χ1n) is 6.87. The van der Waals surface area contributed by atoms with Gasteiger partial charge in [0.2, 0.25) is 10.0 Å². The van der Waals surface area contributed by atoms with E-state index in [-0.39, 0.29) is 11.8 Å². The second-order valence-corrected chi connectivity index (χ2v) is 7.01. The van der Waals surface area contributed by atoms with E-state index < -0.39 is 10.0 Å². The van der Waals surface area contributed by atoms with E-state index in [0.717, 1.165) is 25.7 Å². The highest BCUT2D eigenvalue weighted by Gasteiger charge is 2.22. The summed E-state index contributed by atoms with van der Waals surface area (Å²) in [4.78, 5) is 0. The number of nitrogens with two attached hydrogens (primary N) is 1. The molecule has 0 radical (unpaired) electrons. The summed E-state index contributed by atoms with van der Waals surface area (Å²) in [7, 11) is -3.16. The third-order valence-corrected chi connectivity index (χ3v) is 5.08. The second-order valence-electron chi connectivity index (χ2n) is 5.14. The fourth-order valence-corrected chi connectivity index (χ4v) is 3.96. The quantitative estimate of drug-likeness (QED) is 0.770. The molecule has 0 heterocycles. The number of nitrogens with one attached hydrogen (secondary N) is 1. The SMILES string of the molecule is NCCCCS(=O)(=O)NC1CCc2ccccc2C1. The number of benzene rings is 1. The molecule has 1 atom stereocenters. The molecule has 0 fully saturated rings. The van der Waals surface area contributed by atoms with Crippen LogP contribution in [0.3, 0.4) is 0 Å². The Kier molecular flexibility index (Phi) is 4.96. The average Bonchev–Trinajstić information content (AvgIpc) is 2.38. The van der Waals surface area contributed by atoms with E-state index in [1.807, 2.05) is 12.1 Å². The zero-order valence-electron chi connectivity index (χ0n) is 11.1. The lowest BCUT2D eigenvalue weighted by Crippen LogP contribution is -2.40. The van der Waals surface area contributed by atoms with Gasteiger partial charge in [-0.2, -0.15) is 0 Å². The van der Waals surface area contributed by atoms with Crippen LogP contribution in [0.5, 0.6) is 0 Å². The average molecular weight is 282 g/mol. The molecule has 1 aliphatic carbocycles. The van der Waals surface area contributed by atoms with Crippen LogP contribution in [-0.2, 0) is 22.9 Å². The number of aryl methyl sites for hydroxylation is 1. The van der Waals surface area contributed by atoms with Crippen LogP contribution in [0, 0.1) is 0 Å². The molecule has 0 aromatic heterocycles. The van der Waals surface area contributed by atoms with E-state index in [1.165, 1.54) is 11.1 Å². The van der Waals surface area contributed by atoms with E-state index in [4.69, 9.17) is 5.73 Å². The fraction of sp³-hybridized carbons (Fsp3) is 0.571. The van der Waals surface area contributed by atoms with E-state index in [2.05, 4.69) is 16.9 Å². The van der Waals surface area contributed by atoms with Gasteiger partial charge >= 0.3 is 0 Å². The van der Waals surface area contributed by atoms with Crippen LogP contribution < -0.4 is 10.5 Å². The lowest BCUT2D eigenvalue weighted by Gasteiger charge is -2.25. The predicted octanol–water partition coefficient (Wildman–Crippen LogP) is 1.20. The summed E-state index contributed by atoms with van der Waals surface area (Å²) in [5, 5.41) is 0. The largest absolute Gasteiger partial charge is 0.330 e. The summed E-state index contributed by atoms with van der Waals surface area (Å²) in [6, 6.07) is 8.30. The van der Waals surface area contributed by atoms with Gasteiger partial charge in [0.25, 0.3) is 0 Å². The van der Waals surface area contributed by atoms with Crippen molar-refractivity contribution >= 4 is 10.0 Å². The zero-order chi connectivity index (χ0) is 13.7. The third-order valence-electron chi connectivity index (χ3n) is 3.56. The van der Waals surface area contributed by atoms with Crippen molar-refractivity contribution in [2.24, 2.45) is 5.73 Å². The van der Waals surface area contributed by atoms with E-state index in [1.54, 1.807) is 0 Å². The van der Waals surface area contributed by atoms with Crippen molar-refractivity contribution in [3.8, 4) is 0 Å². The van der Waals surface area contributed by atoms with Gasteiger partial charge in [-0.3, -0.25) is 0 Å². The lowest BCUT2D eigenvalue weighted by atomic mass is 9.89. The van der Waals surface area contributed by atoms with Gasteiger partial charge in [-0.1, -0.05) is 24.3 Å². The van der Waals surface area contributed by atoms with Crippen LogP contribution >= 0.6 is 0 Å². The molecule has 0 aliphatic heterocycles. The summed E-state index contributed by atoms with van der Waals surface area (Å²) >= 11 is 0. The lowest BCUT2D eigenvalue weighted by molar-refractivity contribution is 0.506. The molecule has 19 heavy (non-hydrogen) atoms. The third kappa shape index (κ3) is 4.30. The normalized spacial score (nSPS) is 19.1. The summed E-state index contributed by atoms with van der Waals surface area (Å²) in [5.74, 6) is 0.183. The Morgan fingerprint density at radius 1 is 1.21 bits per heavy atom. The molecule has 4 nitrogen and oxygen atoms in total. The van der Waals surface area contributed by atoms with Crippen LogP contribution in [0.1, 0.15) is 30.4 Å². The van der Waals surface area contributed by atoms with E-state index >= 15 is 0 Å². The molecule has 0 bridgehead atoms. The van der Waals surface area contributed by atoms with Gasteiger partial charge in [-0.05, 0) is 49.8 Å². The van der Waals surface area contributed by atoms with Crippen LogP contribution in [0.25, 0.3) is 0 Å². The zero-order valence-corrected chi connectivity index (χ0v) is 12.0. The summed E-state index contributed by atoms with van der Waals surface area (Å²) < 4.78 is 26.7. The van der Waals surface area contributed by atoms with Crippen molar-refractivity contribution in [2.45, 2.75) is 38.1 Å². The van der Waals surface area contributed by atoms with Crippen molar-refractivity contribution < 1.29 is 8.42 Å². The fourth-order valence-electron chi connectivity index (χ4n) is 2.55. The van der Waals surface area contributed by atoms with Gasteiger partial charge in [-0.25, -0.2) is 13.1 Å². The summed E-state index contributed by atoms with van der Waals surface area (Å²) in [6.07, 6.45) is 4.02. The number of sulfonamides is 1. The molecular weight excluding hydrogens is 260 g/mol. The van der Waals surface area contributed by atoms with Crippen LogP contribution in [0.15, 0.2) is 24.3 Å². The molecule has 1 aliphatic rings. The van der Waals surface area contributed by atoms with Gasteiger partial charge < -0.3 is 5.73 Å². The molecular formula is C14H22N2O2S. The van der Waals surface area contributed by atoms with Crippen molar-refractivity contribution in [2.75, 3.05) is 12.3 Å². The van der Waals surface area contributed by atoms with Gasteiger partial charge in [0.15, 0.2) is 0 Å². The van der Waals surface area contributed by atoms with Gasteiger partial charge in [0, 0.05) is 6.04 Å². The van der Waals surface area contributed by atoms with Gasteiger partial charge in [0.1, 0.15) is 0 Å². The van der Waals surface area contributed by atoms with Crippen molar-refractivity contribution in [3.05, 3.63) is 35.4 Å². The Labute approximate surface area is 115 Å². The maximum Gasteiger partial charge on any atom is 0.211 e. The number of hydrogen-bond acceptors (Lipinski definition) is 3. The molecule has 1 unspecified atom stereocenters. The molecule has 0 saturated carbocycles. The minimum absolute atomic E-state index is 0.0396. The molecule has 1 aromatic carbocycles. The Bertz CT molecular complexity index is 514. The van der Waals surface area contributed by atoms with Gasteiger partial charge in [-0.15, -0.1) is 0 Å². The molecule has 0 saturated heterocycles. The molecule has 0 spiro atoms. The van der Waals surface area contributed by atoms with Crippen molar-refractivity contribution in [3.63, 3.8) is 0 Å².